The summed E-state index contributed by atoms with van der Waals surface area (Å²) in [5.74, 6) is 1.25. The molecule has 5 aliphatic rings. The molecule has 0 N–H and O–H groups in total. The molecule has 1 saturated carbocycles. The number of aryl methyl sites for hydroxylation is 12. The van der Waals surface area contributed by atoms with Gasteiger partial charge in [-0.25, -0.2) is 18.3 Å². The number of fused-ring (bicyclic) bond motifs is 18. The highest BCUT2D eigenvalue weighted by molar-refractivity contribution is 6.02. The lowest BCUT2D eigenvalue weighted by Crippen LogP contribution is -2.44. The molecule has 0 atom stereocenters. The first-order valence-corrected chi connectivity index (χ1v) is 49.3. The maximum absolute atomic E-state index is 2.50. The fraction of sp³-hybridized carbons (Fsp3) is 0.344. The highest BCUT2D eigenvalue weighted by Crippen LogP contribution is 2.60. The van der Waals surface area contributed by atoms with Gasteiger partial charge in [-0.15, -0.1) is 0 Å². The van der Waals surface area contributed by atoms with Crippen LogP contribution in [0.1, 0.15) is 248 Å². The van der Waals surface area contributed by atoms with Crippen LogP contribution in [0.5, 0.6) is 0 Å². The van der Waals surface area contributed by atoms with Crippen LogP contribution in [0, 0.1) is 52.4 Å². The Balaban J connectivity index is 0.000000118. The van der Waals surface area contributed by atoms with Crippen molar-refractivity contribution in [3.63, 3.8) is 0 Å². The fourth-order valence-electron chi connectivity index (χ4n) is 23.9. The fourth-order valence-corrected chi connectivity index (χ4v) is 23.9. The zero-order valence-electron chi connectivity index (χ0n) is 84.3. The summed E-state index contributed by atoms with van der Waals surface area (Å²) in [6, 6.07) is 87.7. The van der Waals surface area contributed by atoms with Gasteiger partial charge in [0.2, 0.25) is 22.8 Å². The zero-order chi connectivity index (χ0) is 93.5. The lowest BCUT2D eigenvalue weighted by molar-refractivity contribution is -0.661. The monoisotopic (exact) mass is 1740 g/mol. The van der Waals surface area contributed by atoms with E-state index in [2.05, 4.69) is 454 Å². The molecule has 0 amide bonds. The van der Waals surface area contributed by atoms with Gasteiger partial charge in [-0.2, -0.15) is 0 Å². The van der Waals surface area contributed by atoms with Crippen LogP contribution in [0.2, 0.25) is 0 Å². The Hall–Kier alpha value is -11.7. The molecule has 4 nitrogen and oxygen atoms in total. The Bertz CT molecular complexity index is 7310. The Morgan fingerprint density at radius 2 is 0.795 bits per heavy atom. The molecule has 0 spiro atoms. The van der Waals surface area contributed by atoms with Crippen molar-refractivity contribution in [3.8, 4) is 89.5 Å². The van der Waals surface area contributed by atoms with Crippen molar-refractivity contribution in [2.24, 2.45) is 39.0 Å². The number of hydrogen-bond donors (Lipinski definition) is 0. The second-order valence-corrected chi connectivity index (χ2v) is 45.1. The molecule has 4 heterocycles. The van der Waals surface area contributed by atoms with E-state index in [1.165, 1.54) is 258 Å². The molecular formula is C128H142N4+4. The average molecular weight is 1740 g/mol. The van der Waals surface area contributed by atoms with Crippen molar-refractivity contribution >= 4 is 43.1 Å². The van der Waals surface area contributed by atoms with E-state index < -0.39 is 0 Å². The van der Waals surface area contributed by atoms with E-state index in [4.69, 9.17) is 0 Å². The number of benzene rings is 12. The quantitative estimate of drug-likeness (QED) is 0.135. The minimum Gasteiger partial charge on any atom is -0.201 e. The average Bonchev–Trinajstić information content (AvgIpc) is 1.46. The van der Waals surface area contributed by atoms with E-state index in [9.17, 15) is 0 Å². The molecule has 21 rings (SSSR count). The smallest absolute Gasteiger partial charge is 0.201 e. The van der Waals surface area contributed by atoms with Crippen molar-refractivity contribution in [1.82, 2.24) is 0 Å². The Morgan fingerprint density at radius 3 is 1.42 bits per heavy atom. The van der Waals surface area contributed by atoms with Gasteiger partial charge in [-0.3, -0.25) is 0 Å². The largest absolute Gasteiger partial charge is 0.213 e. The molecule has 0 radical (unpaired) electrons. The number of aromatic nitrogens is 4. The maximum Gasteiger partial charge on any atom is 0.213 e. The van der Waals surface area contributed by atoms with E-state index in [-0.39, 0.29) is 32.5 Å². The van der Waals surface area contributed by atoms with Crippen LogP contribution in [-0.2, 0) is 88.4 Å². The minimum absolute atomic E-state index is 0.0105. The molecule has 4 aromatic heterocycles. The van der Waals surface area contributed by atoms with Crippen LogP contribution >= 0.6 is 0 Å². The van der Waals surface area contributed by atoms with Gasteiger partial charge in [-0.1, -0.05) is 293 Å². The van der Waals surface area contributed by atoms with Gasteiger partial charge in [0.25, 0.3) is 0 Å². The summed E-state index contributed by atoms with van der Waals surface area (Å²) in [5, 5.41) is 10.7. The third kappa shape index (κ3) is 16.3. The summed E-state index contributed by atoms with van der Waals surface area (Å²) in [6.45, 7) is 51.7. The second-order valence-electron chi connectivity index (χ2n) is 45.1. The molecule has 0 aliphatic heterocycles. The molecule has 0 unspecified atom stereocenters. The van der Waals surface area contributed by atoms with E-state index in [0.717, 1.165) is 44.4 Å². The van der Waals surface area contributed by atoms with Crippen LogP contribution in [0.15, 0.2) is 255 Å². The predicted octanol–water partition coefficient (Wildman–Crippen LogP) is 31.1. The molecule has 0 bridgehead atoms. The third-order valence-corrected chi connectivity index (χ3v) is 32.2. The minimum atomic E-state index is -0.0494. The number of hydrogen-bond acceptors (Lipinski definition) is 0. The Labute approximate surface area is 790 Å². The lowest BCUT2D eigenvalue weighted by atomic mass is 9.54. The van der Waals surface area contributed by atoms with Crippen LogP contribution in [0.4, 0.5) is 0 Å². The van der Waals surface area contributed by atoms with Gasteiger partial charge in [-0.05, 0) is 327 Å². The van der Waals surface area contributed by atoms with Crippen molar-refractivity contribution in [2.75, 3.05) is 0 Å². The zero-order valence-corrected chi connectivity index (χ0v) is 84.3. The van der Waals surface area contributed by atoms with E-state index in [1.807, 2.05) is 0 Å². The normalized spacial score (nSPS) is 15.3. The number of rotatable bonds is 8. The second kappa shape index (κ2) is 34.4. The molecule has 0 saturated heterocycles. The van der Waals surface area contributed by atoms with Crippen LogP contribution in [0.3, 0.4) is 0 Å². The summed E-state index contributed by atoms with van der Waals surface area (Å²) in [5.41, 5.74) is 48.6. The first-order valence-electron chi connectivity index (χ1n) is 49.3. The Kier molecular flexibility index (Phi) is 23.7. The topological polar surface area (TPSA) is 15.5 Å². The molecule has 670 valence electrons. The third-order valence-electron chi connectivity index (χ3n) is 32.2. The molecule has 12 aromatic carbocycles. The van der Waals surface area contributed by atoms with Crippen molar-refractivity contribution in [3.05, 3.63) is 355 Å². The van der Waals surface area contributed by atoms with Crippen LogP contribution in [-0.4, -0.2) is 0 Å². The summed E-state index contributed by atoms with van der Waals surface area (Å²) in [6.07, 6.45) is 21.1. The lowest BCUT2D eigenvalue weighted by Gasteiger charge is -2.49. The SMILES string of the molecule is Cc1c[n+](C)c(-c2c(C)ccc3c2CCc2cc4ccccc4cc2-3)cc1C(C)C.Cc1c[n+](C)c(-c2c(C)ccc3c2CCc2ccc4ccccc4c2-3)cc1CC(C)(C)C.Cc1cc2c(cc1-c1cc(C3CCCC3)cc[n+]1C)-c1ccc3ccccc3c1C(C)(C)C2(C)C.Cc1ccc2c(c1-c1cc(CC(C)(C)C)cc[n+]1C)C(C)(C)C(C)(C)c1cc3ccccc3cc1-2. The van der Waals surface area contributed by atoms with Gasteiger partial charge >= 0.3 is 0 Å². The van der Waals surface area contributed by atoms with Gasteiger partial charge in [0.05, 0.1) is 16.7 Å². The molecular weight excluding hydrogens is 1590 g/mol. The molecule has 4 heteroatoms. The van der Waals surface area contributed by atoms with E-state index in [0.29, 0.717) is 5.92 Å². The molecule has 1 fully saturated rings. The van der Waals surface area contributed by atoms with Crippen LogP contribution in [0.25, 0.3) is 133 Å². The van der Waals surface area contributed by atoms with Gasteiger partial charge in [0, 0.05) is 63.9 Å². The van der Waals surface area contributed by atoms with Gasteiger partial charge in [0.1, 0.15) is 28.2 Å². The first-order chi connectivity index (χ1) is 62.7. The summed E-state index contributed by atoms with van der Waals surface area (Å²) in [4.78, 5) is 0. The summed E-state index contributed by atoms with van der Waals surface area (Å²) < 4.78 is 9.28. The molecule has 16 aromatic rings. The van der Waals surface area contributed by atoms with Gasteiger partial charge < -0.3 is 0 Å². The highest BCUT2D eigenvalue weighted by Gasteiger charge is 2.50. The number of nitrogens with zero attached hydrogens (tertiary/aromatic N) is 4. The molecule has 132 heavy (non-hydrogen) atoms. The highest BCUT2D eigenvalue weighted by atomic mass is 14.9. The van der Waals surface area contributed by atoms with Crippen LogP contribution < -0.4 is 18.3 Å². The van der Waals surface area contributed by atoms with Crippen molar-refractivity contribution in [2.45, 2.75) is 250 Å². The van der Waals surface area contributed by atoms with E-state index >= 15 is 0 Å². The maximum atomic E-state index is 2.50. The summed E-state index contributed by atoms with van der Waals surface area (Å²) >= 11 is 0. The predicted molar refractivity (Wildman–Crippen MR) is 561 cm³/mol. The first kappa shape index (κ1) is 90.8. The number of pyridine rings is 4. The standard InChI is InChI=1S/C34H38N.C34H40N.C31H34N.C29H30N/c1-22-19-30-29(21-28(22)31-20-25(17-18-35(31)6)23-11-7-8-12-23)27-16-15-24-13-9-10-14-26(24)32(27)34(4,5)33(30,2)3;1-22-14-15-26-27-19-24-12-10-11-13-25(24)20-28(27)33(5,6)34(7,8)31(26)30(22)29-18-23(16-17-35(29)9)21-32(2,3)4;1-20-11-15-27-26(16-14-23-13-12-22-9-7-8-10-25(22)30(23)27)29(20)28-17-24(18-31(3,4)5)21(2)19-32(28)6;1-18(2)26-16-28(30(5)17-20(26)4)29-19(3)10-12-24-25(29)13-11-23-14-21-8-6-7-9-22(21)15-27(23)24/h9-10,13-21,23H,7-8,11-12H2,1-6H3;10-20H,21H2,1-9H3;7-13,15,17,19H,14,16,18H2,1-6H3;6-10,12,14-18H,11,13H2,1-5H3/q4*+1. The van der Waals surface area contributed by atoms with E-state index in [1.54, 1.807) is 0 Å². The summed E-state index contributed by atoms with van der Waals surface area (Å²) in [7, 11) is 8.78. The van der Waals surface area contributed by atoms with Crippen molar-refractivity contribution in [1.29, 1.82) is 0 Å². The Morgan fingerprint density at radius 1 is 0.326 bits per heavy atom. The van der Waals surface area contributed by atoms with Crippen molar-refractivity contribution < 1.29 is 18.3 Å². The van der Waals surface area contributed by atoms with Gasteiger partial charge in [0.15, 0.2) is 24.8 Å². The molecule has 5 aliphatic carbocycles.